The summed E-state index contributed by atoms with van der Waals surface area (Å²) in [7, 11) is 1.78. The van der Waals surface area contributed by atoms with Gasteiger partial charge in [0.15, 0.2) is 5.96 Å². The Bertz CT molecular complexity index is 564. The van der Waals surface area contributed by atoms with Crippen LogP contribution in [0.1, 0.15) is 49.7 Å². The number of carbonyl (C=O) groups excluding carboxylic acids is 1. The smallest absolute Gasteiger partial charge is 0.223 e. The molecule has 1 amide bonds. The van der Waals surface area contributed by atoms with Crippen LogP contribution in [0.5, 0.6) is 0 Å². The van der Waals surface area contributed by atoms with Gasteiger partial charge in [0, 0.05) is 32.6 Å². The lowest BCUT2D eigenvalue weighted by atomic mass is 9.85. The van der Waals surface area contributed by atoms with E-state index in [1.165, 1.54) is 17.5 Å². The molecule has 0 bridgehead atoms. The third-order valence-corrected chi connectivity index (χ3v) is 4.87. The molecule has 1 aliphatic carbocycles. The van der Waals surface area contributed by atoms with Crippen LogP contribution in [0.2, 0.25) is 0 Å². The van der Waals surface area contributed by atoms with Gasteiger partial charge in [-0.3, -0.25) is 9.79 Å². The lowest BCUT2D eigenvalue weighted by Gasteiger charge is -2.24. The fourth-order valence-electron chi connectivity index (χ4n) is 2.80. The number of aliphatic imine (C=N–C) groups is 1. The molecule has 3 N–H and O–H groups in total. The number of nitrogens with zero attached hydrogens (tertiary/aromatic N) is 1. The van der Waals surface area contributed by atoms with E-state index in [0.717, 1.165) is 44.9 Å². The lowest BCUT2D eigenvalue weighted by Crippen LogP contribution is -2.41. The zero-order valence-electron chi connectivity index (χ0n) is 15.8. The van der Waals surface area contributed by atoms with Crippen molar-refractivity contribution in [1.29, 1.82) is 0 Å². The molecular formula is C20H32N4O. The monoisotopic (exact) mass is 344 g/mol. The summed E-state index contributed by atoms with van der Waals surface area (Å²) < 4.78 is 0. The van der Waals surface area contributed by atoms with Gasteiger partial charge in [-0.05, 0) is 37.7 Å². The van der Waals surface area contributed by atoms with Crippen LogP contribution in [0.3, 0.4) is 0 Å². The molecule has 0 aromatic heterocycles. The van der Waals surface area contributed by atoms with Crippen molar-refractivity contribution in [3.05, 3.63) is 35.4 Å². The van der Waals surface area contributed by atoms with Gasteiger partial charge in [0.25, 0.3) is 0 Å². The van der Waals surface area contributed by atoms with Crippen LogP contribution >= 0.6 is 0 Å². The van der Waals surface area contributed by atoms with Crippen molar-refractivity contribution in [2.75, 3.05) is 26.7 Å². The van der Waals surface area contributed by atoms with Crippen LogP contribution in [0.15, 0.2) is 29.3 Å². The van der Waals surface area contributed by atoms with E-state index >= 15 is 0 Å². The Kier molecular flexibility index (Phi) is 7.76. The van der Waals surface area contributed by atoms with Gasteiger partial charge < -0.3 is 16.0 Å². The van der Waals surface area contributed by atoms with E-state index in [9.17, 15) is 4.79 Å². The van der Waals surface area contributed by atoms with Gasteiger partial charge in [-0.15, -0.1) is 0 Å². The van der Waals surface area contributed by atoms with Gasteiger partial charge in [0.2, 0.25) is 5.91 Å². The first-order valence-corrected chi connectivity index (χ1v) is 9.39. The molecule has 1 saturated carbocycles. The van der Waals surface area contributed by atoms with Gasteiger partial charge >= 0.3 is 0 Å². The maximum Gasteiger partial charge on any atom is 0.223 e. The third kappa shape index (κ3) is 6.40. The molecule has 1 aromatic rings. The normalized spacial score (nSPS) is 16.0. The summed E-state index contributed by atoms with van der Waals surface area (Å²) >= 11 is 0. The molecule has 5 heteroatoms. The highest BCUT2D eigenvalue weighted by Crippen LogP contribution is 2.26. The predicted octanol–water partition coefficient (Wildman–Crippen LogP) is 2.57. The Morgan fingerprint density at radius 2 is 1.84 bits per heavy atom. The standard InChI is InChI=1S/C20H32N4O/c1-15-8-10-17(11-9-15)16(2)14-24-20(21-3)23-13-5-12-22-19(25)18-6-4-7-18/h8-11,16,18H,4-7,12-14H2,1-3H3,(H,22,25)(H2,21,23,24). The molecule has 0 radical (unpaired) electrons. The molecule has 0 heterocycles. The number of benzene rings is 1. The molecule has 5 nitrogen and oxygen atoms in total. The van der Waals surface area contributed by atoms with Crippen LogP contribution in [-0.2, 0) is 4.79 Å². The highest BCUT2D eigenvalue weighted by Gasteiger charge is 2.24. The molecule has 2 rings (SSSR count). The molecular weight excluding hydrogens is 312 g/mol. The summed E-state index contributed by atoms with van der Waals surface area (Å²) in [6.07, 6.45) is 4.20. The summed E-state index contributed by atoms with van der Waals surface area (Å²) in [6.45, 7) is 6.66. The molecule has 1 fully saturated rings. The average molecular weight is 345 g/mol. The summed E-state index contributed by atoms with van der Waals surface area (Å²) in [5.41, 5.74) is 2.61. The van der Waals surface area contributed by atoms with Crippen LogP contribution in [0.4, 0.5) is 0 Å². The van der Waals surface area contributed by atoms with E-state index in [-0.39, 0.29) is 11.8 Å². The Balaban J connectivity index is 1.60. The first-order valence-electron chi connectivity index (χ1n) is 9.39. The van der Waals surface area contributed by atoms with E-state index in [1.807, 2.05) is 0 Å². The molecule has 1 aromatic carbocycles. The number of rotatable bonds is 8. The van der Waals surface area contributed by atoms with E-state index in [2.05, 4.69) is 59.1 Å². The average Bonchev–Trinajstić information content (AvgIpc) is 2.56. The Morgan fingerprint density at radius 1 is 1.16 bits per heavy atom. The summed E-state index contributed by atoms with van der Waals surface area (Å²) in [5, 5.41) is 9.69. The maximum atomic E-state index is 11.7. The molecule has 1 aliphatic rings. The minimum atomic E-state index is 0.223. The first-order chi connectivity index (χ1) is 12.1. The van der Waals surface area contributed by atoms with Crippen molar-refractivity contribution in [3.63, 3.8) is 0 Å². The van der Waals surface area contributed by atoms with Crippen molar-refractivity contribution in [3.8, 4) is 0 Å². The largest absolute Gasteiger partial charge is 0.356 e. The number of nitrogens with one attached hydrogen (secondary N) is 3. The minimum absolute atomic E-state index is 0.223. The second-order valence-electron chi connectivity index (χ2n) is 6.96. The number of carbonyl (C=O) groups is 1. The van der Waals surface area contributed by atoms with E-state index in [4.69, 9.17) is 0 Å². The summed E-state index contributed by atoms with van der Waals surface area (Å²) in [5.74, 6) is 1.72. The van der Waals surface area contributed by atoms with Crippen LogP contribution in [-0.4, -0.2) is 38.5 Å². The van der Waals surface area contributed by atoms with Gasteiger partial charge in [0.05, 0.1) is 0 Å². The zero-order chi connectivity index (χ0) is 18.1. The number of hydrogen-bond donors (Lipinski definition) is 3. The van der Waals surface area contributed by atoms with E-state index < -0.39 is 0 Å². The van der Waals surface area contributed by atoms with Crippen molar-refractivity contribution in [2.45, 2.75) is 45.4 Å². The van der Waals surface area contributed by atoms with Crippen molar-refractivity contribution in [2.24, 2.45) is 10.9 Å². The van der Waals surface area contributed by atoms with Gasteiger partial charge in [-0.2, -0.15) is 0 Å². The molecule has 0 aliphatic heterocycles. The van der Waals surface area contributed by atoms with Crippen LogP contribution in [0.25, 0.3) is 0 Å². The molecule has 1 unspecified atom stereocenters. The molecule has 0 spiro atoms. The fourth-order valence-corrected chi connectivity index (χ4v) is 2.80. The second-order valence-corrected chi connectivity index (χ2v) is 6.96. The minimum Gasteiger partial charge on any atom is -0.356 e. The van der Waals surface area contributed by atoms with Crippen molar-refractivity contribution >= 4 is 11.9 Å². The highest BCUT2D eigenvalue weighted by atomic mass is 16.1. The van der Waals surface area contributed by atoms with Crippen LogP contribution < -0.4 is 16.0 Å². The topological polar surface area (TPSA) is 65.5 Å². The number of hydrogen-bond acceptors (Lipinski definition) is 2. The van der Waals surface area contributed by atoms with E-state index in [1.54, 1.807) is 7.05 Å². The number of amides is 1. The van der Waals surface area contributed by atoms with Crippen LogP contribution in [0, 0.1) is 12.8 Å². The van der Waals surface area contributed by atoms with Crippen molar-refractivity contribution < 1.29 is 4.79 Å². The highest BCUT2D eigenvalue weighted by molar-refractivity contribution is 5.80. The summed E-state index contributed by atoms with van der Waals surface area (Å²) in [6, 6.07) is 8.67. The van der Waals surface area contributed by atoms with Gasteiger partial charge in [0.1, 0.15) is 0 Å². The number of aryl methyl sites for hydroxylation is 1. The SMILES string of the molecule is CN=C(NCCCNC(=O)C1CCC1)NCC(C)c1ccc(C)cc1. The Labute approximate surface area is 151 Å². The lowest BCUT2D eigenvalue weighted by molar-refractivity contribution is -0.127. The van der Waals surface area contributed by atoms with E-state index in [0.29, 0.717) is 5.92 Å². The predicted molar refractivity (Wildman–Crippen MR) is 104 cm³/mol. The second kappa shape index (κ2) is 10.1. The fraction of sp³-hybridized carbons (Fsp3) is 0.600. The molecule has 1 atom stereocenters. The van der Waals surface area contributed by atoms with Crippen molar-refractivity contribution in [1.82, 2.24) is 16.0 Å². The molecule has 25 heavy (non-hydrogen) atoms. The molecule has 0 saturated heterocycles. The quantitative estimate of drug-likeness (QED) is 0.386. The zero-order valence-corrected chi connectivity index (χ0v) is 15.8. The Morgan fingerprint density at radius 3 is 2.44 bits per heavy atom. The summed E-state index contributed by atoms with van der Waals surface area (Å²) in [4.78, 5) is 16.0. The molecule has 138 valence electrons. The van der Waals surface area contributed by atoms with Gasteiger partial charge in [-0.25, -0.2) is 0 Å². The van der Waals surface area contributed by atoms with Gasteiger partial charge in [-0.1, -0.05) is 43.2 Å². The third-order valence-electron chi connectivity index (χ3n) is 4.87. The maximum absolute atomic E-state index is 11.7. The number of guanidine groups is 1. The Hall–Kier alpha value is -2.04. The first kappa shape index (κ1) is 19.3.